The van der Waals surface area contributed by atoms with E-state index in [1.165, 1.54) is 20.3 Å². The smallest absolute Gasteiger partial charge is 0.496 e. The summed E-state index contributed by atoms with van der Waals surface area (Å²) in [5, 5.41) is 0. The molecule has 0 saturated carbocycles. The molecule has 25 heavy (non-hydrogen) atoms. The topological polar surface area (TPSA) is 61.8 Å². The van der Waals surface area contributed by atoms with E-state index in [0.29, 0.717) is 16.9 Å². The fourth-order valence-corrected chi connectivity index (χ4v) is 2.45. The minimum absolute atomic E-state index is 0.215. The van der Waals surface area contributed by atoms with Gasteiger partial charge in [0, 0.05) is 11.1 Å². The van der Waals surface area contributed by atoms with Crippen LogP contribution in [0.5, 0.6) is 11.5 Å². The van der Waals surface area contributed by atoms with Gasteiger partial charge in [0.2, 0.25) is 0 Å². The van der Waals surface area contributed by atoms with Crippen LogP contribution in [0.3, 0.4) is 0 Å². The van der Waals surface area contributed by atoms with E-state index in [9.17, 15) is 9.59 Å². The first-order valence-corrected chi connectivity index (χ1v) is 7.86. The highest BCUT2D eigenvalue weighted by molar-refractivity contribution is 6.11. The zero-order valence-corrected chi connectivity index (χ0v) is 15.1. The van der Waals surface area contributed by atoms with E-state index < -0.39 is 6.16 Å². The van der Waals surface area contributed by atoms with Crippen LogP contribution in [0.15, 0.2) is 42.5 Å². The van der Waals surface area contributed by atoms with Crippen LogP contribution >= 0.6 is 0 Å². The predicted octanol–water partition coefficient (Wildman–Crippen LogP) is 4.37. The summed E-state index contributed by atoms with van der Waals surface area (Å²) in [6, 6.07) is 12.1. The molecule has 0 atom stereocenters. The van der Waals surface area contributed by atoms with Gasteiger partial charge in [0.05, 0.1) is 19.8 Å². The molecule has 0 unspecified atom stereocenters. The molecule has 2 rings (SSSR count). The van der Waals surface area contributed by atoms with Crippen molar-refractivity contribution in [1.29, 1.82) is 0 Å². The molecule has 0 aromatic heterocycles. The molecular formula is C20H22O5. The number of methoxy groups -OCH3 is 2. The first kappa shape index (κ1) is 18.5. The molecule has 0 heterocycles. The van der Waals surface area contributed by atoms with Gasteiger partial charge in [0.1, 0.15) is 11.5 Å². The Hall–Kier alpha value is -2.82. The van der Waals surface area contributed by atoms with E-state index in [4.69, 9.17) is 9.47 Å². The Morgan fingerprint density at radius 1 is 0.920 bits per heavy atom. The van der Waals surface area contributed by atoms with Crippen LogP contribution in [0.4, 0.5) is 4.79 Å². The van der Waals surface area contributed by atoms with E-state index in [2.05, 4.69) is 4.74 Å². The van der Waals surface area contributed by atoms with Gasteiger partial charge in [-0.25, -0.2) is 4.79 Å². The first-order valence-electron chi connectivity index (χ1n) is 7.86. The van der Waals surface area contributed by atoms with Crippen molar-refractivity contribution in [3.8, 4) is 11.5 Å². The third-order valence-corrected chi connectivity index (χ3v) is 3.75. The van der Waals surface area contributed by atoms with Gasteiger partial charge in [-0.1, -0.05) is 51.1 Å². The van der Waals surface area contributed by atoms with Gasteiger partial charge in [-0.3, -0.25) is 4.79 Å². The predicted molar refractivity (Wildman–Crippen MR) is 94.6 cm³/mol. The Kier molecular flexibility index (Phi) is 5.47. The molecule has 0 aliphatic carbocycles. The Morgan fingerprint density at radius 3 is 2.08 bits per heavy atom. The van der Waals surface area contributed by atoms with Gasteiger partial charge in [-0.15, -0.1) is 0 Å². The van der Waals surface area contributed by atoms with Crippen molar-refractivity contribution in [1.82, 2.24) is 0 Å². The van der Waals surface area contributed by atoms with Crippen LogP contribution < -0.4 is 9.47 Å². The molecule has 0 spiro atoms. The maximum absolute atomic E-state index is 12.8. The summed E-state index contributed by atoms with van der Waals surface area (Å²) in [5.74, 6) is 0.489. The summed E-state index contributed by atoms with van der Waals surface area (Å²) in [4.78, 5) is 24.4. The normalized spacial score (nSPS) is 10.9. The summed E-state index contributed by atoms with van der Waals surface area (Å²) in [6.45, 7) is 5.93. The molecule has 132 valence electrons. The van der Waals surface area contributed by atoms with Crippen molar-refractivity contribution in [3.63, 3.8) is 0 Å². The van der Waals surface area contributed by atoms with Crippen LogP contribution in [-0.2, 0) is 10.2 Å². The minimum Gasteiger partial charge on any atom is -0.496 e. The molecule has 0 radical (unpaired) electrons. The Morgan fingerprint density at radius 2 is 1.56 bits per heavy atom. The Bertz CT molecular complexity index is 773. The van der Waals surface area contributed by atoms with Crippen LogP contribution in [-0.4, -0.2) is 26.2 Å². The fourth-order valence-electron chi connectivity index (χ4n) is 2.45. The molecule has 0 saturated heterocycles. The van der Waals surface area contributed by atoms with Gasteiger partial charge in [0.15, 0.2) is 5.78 Å². The average molecular weight is 342 g/mol. The van der Waals surface area contributed by atoms with Crippen LogP contribution in [0.25, 0.3) is 0 Å². The van der Waals surface area contributed by atoms with Gasteiger partial charge in [-0.05, 0) is 17.5 Å². The maximum atomic E-state index is 12.8. The summed E-state index contributed by atoms with van der Waals surface area (Å²) in [6.07, 6.45) is -0.839. The zero-order chi connectivity index (χ0) is 18.6. The number of rotatable bonds is 4. The van der Waals surface area contributed by atoms with Crippen LogP contribution in [0, 0.1) is 0 Å². The first-order chi connectivity index (χ1) is 11.8. The third kappa shape index (κ3) is 4.18. The molecule has 2 aromatic carbocycles. The van der Waals surface area contributed by atoms with Crippen LogP contribution in [0.2, 0.25) is 0 Å². The van der Waals surface area contributed by atoms with Gasteiger partial charge < -0.3 is 14.2 Å². The van der Waals surface area contributed by atoms with Crippen molar-refractivity contribution in [2.45, 2.75) is 26.2 Å². The van der Waals surface area contributed by atoms with Crippen molar-refractivity contribution in [2.75, 3.05) is 14.2 Å². The molecule has 5 nitrogen and oxygen atoms in total. The van der Waals surface area contributed by atoms with Crippen molar-refractivity contribution < 1.29 is 23.8 Å². The number of ether oxygens (including phenoxy) is 3. The van der Waals surface area contributed by atoms with Gasteiger partial charge in [-0.2, -0.15) is 0 Å². The van der Waals surface area contributed by atoms with E-state index in [-0.39, 0.29) is 16.9 Å². The lowest BCUT2D eigenvalue weighted by Gasteiger charge is -2.24. The molecular weight excluding hydrogens is 320 g/mol. The van der Waals surface area contributed by atoms with E-state index in [1.54, 1.807) is 30.3 Å². The third-order valence-electron chi connectivity index (χ3n) is 3.75. The SMILES string of the molecule is COC(=O)Oc1cc(C(=O)c2ccccc2)c(OC)cc1C(C)(C)C. The summed E-state index contributed by atoms with van der Waals surface area (Å²) in [5.41, 5.74) is 1.25. The number of carbonyl (C=O) groups excluding carboxylic acids is 2. The van der Waals surface area contributed by atoms with Crippen molar-refractivity contribution in [2.24, 2.45) is 0 Å². The zero-order valence-electron chi connectivity index (χ0n) is 15.1. The number of benzene rings is 2. The number of carbonyl (C=O) groups is 2. The van der Waals surface area contributed by atoms with Crippen molar-refractivity contribution in [3.05, 3.63) is 59.2 Å². The highest BCUT2D eigenvalue weighted by Gasteiger charge is 2.26. The second kappa shape index (κ2) is 7.38. The molecule has 0 fully saturated rings. The lowest BCUT2D eigenvalue weighted by molar-refractivity contribution is 0.103. The molecule has 2 aromatic rings. The number of hydrogen-bond donors (Lipinski definition) is 0. The highest BCUT2D eigenvalue weighted by Crippen LogP contribution is 2.37. The summed E-state index contributed by atoms with van der Waals surface area (Å²) < 4.78 is 15.3. The Balaban J connectivity index is 2.62. The molecule has 0 bridgehead atoms. The summed E-state index contributed by atoms with van der Waals surface area (Å²) in [7, 11) is 2.74. The van der Waals surface area contributed by atoms with E-state index in [1.807, 2.05) is 26.8 Å². The largest absolute Gasteiger partial charge is 0.513 e. The standard InChI is InChI=1S/C20H22O5/c1-20(2,3)15-12-16(23-4)14(11-17(15)25-19(22)24-5)18(21)13-9-7-6-8-10-13/h6-12H,1-5H3. The minimum atomic E-state index is -0.839. The second-order valence-electron chi connectivity index (χ2n) is 6.55. The van der Waals surface area contributed by atoms with Crippen molar-refractivity contribution >= 4 is 11.9 Å². The quantitative estimate of drug-likeness (QED) is 0.469. The molecule has 0 N–H and O–H groups in total. The van der Waals surface area contributed by atoms with Crippen LogP contribution in [0.1, 0.15) is 42.3 Å². The number of ketones is 1. The molecule has 0 amide bonds. The Labute approximate surface area is 147 Å². The number of hydrogen-bond acceptors (Lipinski definition) is 5. The van der Waals surface area contributed by atoms with E-state index >= 15 is 0 Å². The monoisotopic (exact) mass is 342 g/mol. The van der Waals surface area contributed by atoms with E-state index in [0.717, 1.165) is 5.56 Å². The lowest BCUT2D eigenvalue weighted by Crippen LogP contribution is -2.18. The lowest BCUT2D eigenvalue weighted by atomic mass is 9.84. The van der Waals surface area contributed by atoms with Gasteiger partial charge in [0.25, 0.3) is 0 Å². The average Bonchev–Trinajstić information content (AvgIpc) is 2.60. The molecule has 0 aliphatic rings. The maximum Gasteiger partial charge on any atom is 0.513 e. The second-order valence-corrected chi connectivity index (χ2v) is 6.55. The van der Waals surface area contributed by atoms with Gasteiger partial charge >= 0.3 is 6.16 Å². The fraction of sp³-hybridized carbons (Fsp3) is 0.300. The molecule has 5 heteroatoms. The molecule has 0 aliphatic heterocycles. The highest BCUT2D eigenvalue weighted by atomic mass is 16.7. The summed E-state index contributed by atoms with van der Waals surface area (Å²) >= 11 is 0.